The van der Waals surface area contributed by atoms with Crippen LogP contribution in [0.15, 0.2) is 140 Å². The molecule has 0 spiro atoms. The fourth-order valence-corrected chi connectivity index (χ4v) is 12.1. The minimum absolute atomic E-state index is 0. The van der Waals surface area contributed by atoms with Gasteiger partial charge < -0.3 is 0 Å². The van der Waals surface area contributed by atoms with Crippen molar-refractivity contribution < 1.29 is 0 Å². The minimum Gasteiger partial charge on any atom is -0.0776 e. The molecule has 0 N–H and O–H groups in total. The van der Waals surface area contributed by atoms with Gasteiger partial charge in [-0.3, -0.25) is 0 Å². The Bertz CT molecular complexity index is 3410. The van der Waals surface area contributed by atoms with Crippen molar-refractivity contribution in [3.05, 3.63) is 245 Å². The van der Waals surface area contributed by atoms with Crippen LogP contribution >= 0.6 is 0 Å². The molecule has 0 radical (unpaired) electrons. The van der Waals surface area contributed by atoms with Crippen molar-refractivity contribution in [3.8, 4) is 0 Å². The molecule has 0 heteroatoms. The van der Waals surface area contributed by atoms with Crippen LogP contribution in [0, 0.1) is 48.5 Å². The molecule has 7 aromatic carbocycles. The van der Waals surface area contributed by atoms with Gasteiger partial charge in [0.1, 0.15) is 0 Å². The van der Waals surface area contributed by atoms with E-state index in [0.717, 1.165) is 0 Å². The van der Waals surface area contributed by atoms with Gasteiger partial charge in [0.05, 0.1) is 0 Å². The van der Waals surface area contributed by atoms with Gasteiger partial charge in [-0.2, -0.15) is 0 Å². The van der Waals surface area contributed by atoms with Gasteiger partial charge in [-0.15, -0.1) is 0 Å². The largest absolute Gasteiger partial charge is 0.0776 e. The van der Waals surface area contributed by atoms with E-state index in [1.54, 1.807) is 0 Å². The third-order valence-corrected chi connectivity index (χ3v) is 18.3. The maximum atomic E-state index is 2.42. The van der Waals surface area contributed by atoms with E-state index >= 15 is 0 Å². The first-order valence-electron chi connectivity index (χ1n) is 36.8. The predicted octanol–water partition coefficient (Wildman–Crippen LogP) is 30.2. The lowest BCUT2D eigenvalue weighted by Crippen LogP contribution is -2.23. The monoisotopic (exact) mass is 1330 g/mol. The Morgan fingerprint density at radius 3 is 0.735 bits per heavy atom. The average molecular weight is 1330 g/mol. The molecule has 0 fully saturated rings. The van der Waals surface area contributed by atoms with E-state index in [1.807, 2.05) is 0 Å². The third-order valence-electron chi connectivity index (χ3n) is 18.3. The first-order chi connectivity index (χ1) is 43.1. The Kier molecular flexibility index (Phi) is 33.0. The van der Waals surface area contributed by atoms with E-state index in [9.17, 15) is 0 Å². The molecule has 0 heterocycles. The maximum Gasteiger partial charge on any atom is -0.0129 e. The maximum absolute atomic E-state index is 2.42. The average Bonchev–Trinajstić information content (AvgIpc) is 0.780. The van der Waals surface area contributed by atoms with Gasteiger partial charge in [0, 0.05) is 0 Å². The summed E-state index contributed by atoms with van der Waals surface area (Å²) in [5, 5.41) is 0. The second-order valence-electron chi connectivity index (χ2n) is 40.8. The molecule has 0 aliphatic heterocycles. The Labute approximate surface area is 611 Å². The highest BCUT2D eigenvalue weighted by atomic mass is 14.3. The van der Waals surface area contributed by atoms with Crippen molar-refractivity contribution in [2.45, 2.75) is 370 Å². The van der Waals surface area contributed by atoms with Crippen molar-refractivity contribution in [2.75, 3.05) is 0 Å². The van der Waals surface area contributed by atoms with Crippen LogP contribution in [0.2, 0.25) is 0 Å². The molecule has 0 aliphatic rings. The van der Waals surface area contributed by atoms with Crippen molar-refractivity contribution >= 4 is 0 Å². The van der Waals surface area contributed by atoms with Crippen LogP contribution in [0.4, 0.5) is 0 Å². The topological polar surface area (TPSA) is 0 Å². The smallest absolute Gasteiger partial charge is 0.0129 e. The van der Waals surface area contributed by atoms with E-state index < -0.39 is 0 Å². The van der Waals surface area contributed by atoms with E-state index in [-0.39, 0.29) is 72.4 Å². The quantitative estimate of drug-likeness (QED) is 0.142. The molecular weight excluding hydrogens is 1180 g/mol. The second kappa shape index (κ2) is 34.9. The van der Waals surface area contributed by atoms with Crippen molar-refractivity contribution in [3.63, 3.8) is 0 Å². The van der Waals surface area contributed by atoms with E-state index in [1.165, 1.54) is 106 Å². The normalized spacial score (nSPS) is 12.6. The molecule has 0 saturated heterocycles. The zero-order chi connectivity index (χ0) is 76.2. The molecule has 98 heavy (non-hydrogen) atoms. The van der Waals surface area contributed by atoms with Crippen molar-refractivity contribution in [2.24, 2.45) is 0 Å². The van der Waals surface area contributed by atoms with Crippen LogP contribution in [-0.2, 0) is 65.0 Å². The van der Waals surface area contributed by atoms with Crippen LogP contribution in [0.3, 0.4) is 0 Å². The molecule has 0 atom stereocenters. The number of hydrogen-bond acceptors (Lipinski definition) is 0. The van der Waals surface area contributed by atoms with E-state index in [2.05, 4.69) is 437 Å². The molecule has 0 amide bonds. The fourth-order valence-electron chi connectivity index (χ4n) is 12.1. The lowest BCUT2D eigenvalue weighted by atomic mass is 9.73. The zero-order valence-corrected chi connectivity index (χ0v) is 71.8. The number of hydrogen-bond donors (Lipinski definition) is 0. The highest BCUT2D eigenvalue weighted by molar-refractivity contribution is 5.47. The summed E-state index contributed by atoms with van der Waals surface area (Å²) in [6.45, 7) is 97.2. The lowest BCUT2D eigenvalue weighted by molar-refractivity contribution is 0.542. The standard InChI is InChI=1S/C19H32.3C15H24.3C11H16.CH4/c1-13-15(18(5,6)7)11-14(17(2,3)4)12-16(13)19(8,9)10;1-11-8-12(14(2,3)4)10-13(9-11)15(5,6)7;1-11-8-9-12(14(2,3)4)10-13(11)15(5,6)7;1-11-12(14(2,3)4)9-8-10-13(11)15(5,6)7;1-9-5-7-10(8-6-9)11(2,3)4;1-9-6-5-7-10(8-9)11(2,3)4;1-9-7-5-6-8-10(9)11(2,3)4;/h11-12H,1-10H3;3*8-10H,1-7H3;3*5-8H,1-4H3;1H4. The SMILES string of the molecule is C.Cc1c(C(C)(C)C)cc(C(C)(C)C)cc1C(C)(C)C.Cc1c(C(C)(C)C)cccc1C(C)(C)C.Cc1cc(C(C)(C)C)cc(C(C)(C)C)c1.Cc1ccc(C(C)(C)C)cc1.Cc1ccc(C(C)(C)C)cc1C(C)(C)C.Cc1cccc(C(C)(C)C)c1.Cc1ccccc1C(C)(C)C. The molecule has 7 rings (SSSR count). The Morgan fingerprint density at radius 1 is 0.163 bits per heavy atom. The highest BCUT2D eigenvalue weighted by Gasteiger charge is 2.29. The van der Waals surface area contributed by atoms with Crippen LogP contribution in [0.25, 0.3) is 0 Å². The molecular formula is C98H156. The van der Waals surface area contributed by atoms with Gasteiger partial charge in [-0.05, 0) is 202 Å². The second-order valence-corrected chi connectivity index (χ2v) is 40.8. The molecule has 0 bridgehead atoms. The number of benzene rings is 7. The summed E-state index contributed by atoms with van der Waals surface area (Å²) in [7, 11) is 0. The summed E-state index contributed by atoms with van der Waals surface area (Å²) >= 11 is 0. The number of rotatable bonds is 0. The van der Waals surface area contributed by atoms with Gasteiger partial charge in [0.25, 0.3) is 0 Å². The molecule has 0 unspecified atom stereocenters. The number of aryl methyl sites for hydroxylation is 5. The van der Waals surface area contributed by atoms with E-state index in [0.29, 0.717) is 0 Å². The summed E-state index contributed by atoms with van der Waals surface area (Å²) in [4.78, 5) is 0. The fraction of sp³-hybridized carbons (Fsp3) is 0.571. The van der Waals surface area contributed by atoms with Gasteiger partial charge >= 0.3 is 0 Å². The van der Waals surface area contributed by atoms with Gasteiger partial charge in [-0.1, -0.05) is 413 Å². The summed E-state index contributed by atoms with van der Waals surface area (Å²) in [5.41, 5.74) is 30.1. The molecule has 0 aromatic heterocycles. The molecule has 548 valence electrons. The van der Waals surface area contributed by atoms with Crippen LogP contribution in [-0.4, -0.2) is 0 Å². The predicted molar refractivity (Wildman–Crippen MR) is 449 cm³/mol. The van der Waals surface area contributed by atoms with Crippen LogP contribution in [0.1, 0.15) is 362 Å². The molecule has 0 nitrogen and oxygen atoms in total. The first kappa shape index (κ1) is 92.5. The summed E-state index contributed by atoms with van der Waals surface area (Å²) in [5.74, 6) is 0. The summed E-state index contributed by atoms with van der Waals surface area (Å²) in [6.07, 6.45) is 0. The van der Waals surface area contributed by atoms with Crippen molar-refractivity contribution in [1.82, 2.24) is 0 Å². The van der Waals surface area contributed by atoms with Gasteiger partial charge in [0.15, 0.2) is 0 Å². The first-order valence-corrected chi connectivity index (χ1v) is 36.8. The summed E-state index contributed by atoms with van der Waals surface area (Å²) < 4.78 is 0. The van der Waals surface area contributed by atoms with Crippen LogP contribution in [0.5, 0.6) is 0 Å². The Hall–Kier alpha value is -5.46. The van der Waals surface area contributed by atoms with E-state index in [4.69, 9.17) is 0 Å². The summed E-state index contributed by atoms with van der Waals surface area (Å²) in [6, 6.07) is 51.4. The lowest BCUT2D eigenvalue weighted by Gasteiger charge is -2.32. The Balaban J connectivity index is 0.00000113. The minimum atomic E-state index is 0. The zero-order valence-electron chi connectivity index (χ0n) is 71.8. The molecule has 0 aliphatic carbocycles. The Morgan fingerprint density at radius 2 is 0.429 bits per heavy atom. The molecule has 7 aromatic rings. The van der Waals surface area contributed by atoms with Crippen LogP contribution < -0.4 is 0 Å². The van der Waals surface area contributed by atoms with Gasteiger partial charge in [0.2, 0.25) is 0 Å². The molecule has 0 saturated carbocycles. The van der Waals surface area contributed by atoms with Crippen molar-refractivity contribution in [1.29, 1.82) is 0 Å². The van der Waals surface area contributed by atoms with Gasteiger partial charge in [-0.25, -0.2) is 0 Å². The third kappa shape index (κ3) is 31.2. The highest BCUT2D eigenvalue weighted by Crippen LogP contribution is 2.39.